The molecule has 1 unspecified atom stereocenters. The number of piperidine rings is 1. The summed E-state index contributed by atoms with van der Waals surface area (Å²) in [5.41, 5.74) is 3.29. The smallest absolute Gasteiger partial charge is 0.0522 e. The molecular formula is C15H23N3O. The summed E-state index contributed by atoms with van der Waals surface area (Å²) in [6, 6.07) is 0.748. The normalized spacial score (nSPS) is 32.8. The number of nitrogens with zero attached hydrogens (tertiary/aromatic N) is 2. The molecular weight excluding hydrogens is 238 g/mol. The van der Waals surface area contributed by atoms with Gasteiger partial charge in [0, 0.05) is 36.9 Å². The van der Waals surface area contributed by atoms with Crippen LogP contribution in [0.15, 0.2) is 6.20 Å². The Morgan fingerprint density at radius 1 is 1.32 bits per heavy atom. The van der Waals surface area contributed by atoms with E-state index < -0.39 is 0 Å². The maximum Gasteiger partial charge on any atom is 0.0522 e. The highest BCUT2D eigenvalue weighted by Crippen LogP contribution is 2.44. The summed E-state index contributed by atoms with van der Waals surface area (Å²) in [6.45, 7) is 4.40. The van der Waals surface area contributed by atoms with Gasteiger partial charge in [-0.1, -0.05) is 0 Å². The van der Waals surface area contributed by atoms with Gasteiger partial charge in [0.15, 0.2) is 0 Å². The van der Waals surface area contributed by atoms with Crippen molar-refractivity contribution in [2.75, 3.05) is 26.3 Å². The van der Waals surface area contributed by atoms with Gasteiger partial charge in [0.2, 0.25) is 0 Å². The van der Waals surface area contributed by atoms with Crippen molar-refractivity contribution in [3.63, 3.8) is 0 Å². The van der Waals surface area contributed by atoms with Gasteiger partial charge in [-0.3, -0.25) is 10.00 Å². The lowest BCUT2D eigenvalue weighted by molar-refractivity contribution is 0.0113. The Bertz CT molecular complexity index is 452. The second kappa shape index (κ2) is 4.60. The average Bonchev–Trinajstić information content (AvgIpc) is 3.06. The van der Waals surface area contributed by atoms with Crippen LogP contribution in [0.4, 0.5) is 0 Å². The quantitative estimate of drug-likeness (QED) is 0.839. The average molecular weight is 261 g/mol. The Hall–Kier alpha value is -0.870. The Morgan fingerprint density at radius 2 is 2.21 bits per heavy atom. The highest BCUT2D eigenvalue weighted by molar-refractivity contribution is 5.33. The van der Waals surface area contributed by atoms with Crippen LogP contribution < -0.4 is 0 Å². The summed E-state index contributed by atoms with van der Waals surface area (Å²) in [5, 5.41) is 7.57. The molecule has 1 aromatic rings. The van der Waals surface area contributed by atoms with Crippen molar-refractivity contribution >= 4 is 0 Å². The van der Waals surface area contributed by atoms with Crippen molar-refractivity contribution in [3.05, 3.63) is 17.5 Å². The molecule has 2 fully saturated rings. The van der Waals surface area contributed by atoms with Gasteiger partial charge in [0.05, 0.1) is 6.20 Å². The Labute approximate surface area is 114 Å². The minimum absolute atomic E-state index is 0.377. The first-order valence-electron chi connectivity index (χ1n) is 7.72. The molecule has 0 amide bonds. The van der Waals surface area contributed by atoms with E-state index in [2.05, 4.69) is 15.1 Å². The molecule has 2 saturated heterocycles. The van der Waals surface area contributed by atoms with Crippen LogP contribution in [0.5, 0.6) is 0 Å². The predicted octanol–water partition coefficient (Wildman–Crippen LogP) is 1.87. The van der Waals surface area contributed by atoms with Gasteiger partial charge in [-0.25, -0.2) is 0 Å². The molecule has 0 bridgehead atoms. The number of nitrogens with one attached hydrogen (secondary N) is 1. The Morgan fingerprint density at radius 3 is 3.11 bits per heavy atom. The third kappa shape index (κ3) is 1.93. The predicted molar refractivity (Wildman–Crippen MR) is 73.2 cm³/mol. The summed E-state index contributed by atoms with van der Waals surface area (Å²) in [7, 11) is 0. The van der Waals surface area contributed by atoms with Crippen LogP contribution in [0, 0.1) is 0 Å². The highest BCUT2D eigenvalue weighted by Gasteiger charge is 2.44. The Kier molecular flexibility index (Phi) is 2.88. The first-order chi connectivity index (χ1) is 9.37. The van der Waals surface area contributed by atoms with Crippen molar-refractivity contribution < 1.29 is 4.74 Å². The van der Waals surface area contributed by atoms with Crippen LogP contribution in [0.3, 0.4) is 0 Å². The number of rotatable bonds is 1. The third-order valence-electron chi connectivity index (χ3n) is 5.43. The molecule has 1 spiro atoms. The Balaban J connectivity index is 1.55. The second-order valence-corrected chi connectivity index (χ2v) is 6.47. The molecule has 0 aromatic carbocycles. The largest absolute Gasteiger partial charge is 0.381 e. The van der Waals surface area contributed by atoms with Crippen LogP contribution in [0.25, 0.3) is 0 Å². The summed E-state index contributed by atoms with van der Waals surface area (Å²) in [4.78, 5) is 2.74. The fourth-order valence-corrected chi connectivity index (χ4v) is 4.40. The van der Waals surface area contributed by atoms with Crippen molar-refractivity contribution in [2.24, 2.45) is 0 Å². The van der Waals surface area contributed by atoms with E-state index in [1.54, 1.807) is 0 Å². The SMILES string of the molecule is c1n[nH]c2c1CCC21CCCN(C2CCOCC2)C1. The second-order valence-electron chi connectivity index (χ2n) is 6.47. The van der Waals surface area contributed by atoms with Crippen LogP contribution in [0.2, 0.25) is 0 Å². The molecule has 4 heteroatoms. The maximum atomic E-state index is 5.51. The summed E-state index contributed by atoms with van der Waals surface area (Å²) < 4.78 is 5.51. The number of H-pyrrole nitrogens is 1. The fourth-order valence-electron chi connectivity index (χ4n) is 4.40. The molecule has 3 aliphatic rings. The van der Waals surface area contributed by atoms with Crippen molar-refractivity contribution in [1.82, 2.24) is 15.1 Å². The molecule has 0 radical (unpaired) electrons. The third-order valence-corrected chi connectivity index (χ3v) is 5.43. The van der Waals surface area contributed by atoms with Gasteiger partial charge < -0.3 is 4.74 Å². The number of ether oxygens (including phenoxy) is 1. The lowest BCUT2D eigenvalue weighted by atomic mass is 9.77. The number of aromatic amines is 1. The molecule has 1 N–H and O–H groups in total. The molecule has 19 heavy (non-hydrogen) atoms. The minimum atomic E-state index is 0.377. The van der Waals surface area contributed by atoms with Gasteiger partial charge in [0.25, 0.3) is 0 Å². The van der Waals surface area contributed by atoms with Gasteiger partial charge in [-0.05, 0) is 50.6 Å². The summed E-state index contributed by atoms with van der Waals surface area (Å²) in [5.74, 6) is 0. The molecule has 4 nitrogen and oxygen atoms in total. The highest BCUT2D eigenvalue weighted by atomic mass is 16.5. The van der Waals surface area contributed by atoms with Crippen molar-refractivity contribution in [1.29, 1.82) is 0 Å². The maximum absolute atomic E-state index is 5.51. The molecule has 2 aliphatic heterocycles. The summed E-state index contributed by atoms with van der Waals surface area (Å²) >= 11 is 0. The van der Waals surface area contributed by atoms with E-state index >= 15 is 0 Å². The van der Waals surface area contributed by atoms with Crippen LogP contribution >= 0.6 is 0 Å². The molecule has 1 atom stereocenters. The first-order valence-corrected chi connectivity index (χ1v) is 7.72. The number of hydrogen-bond acceptors (Lipinski definition) is 3. The first kappa shape index (κ1) is 11.9. The van der Waals surface area contributed by atoms with E-state index in [9.17, 15) is 0 Å². The zero-order valence-corrected chi connectivity index (χ0v) is 11.5. The topological polar surface area (TPSA) is 41.2 Å². The van der Waals surface area contributed by atoms with Gasteiger partial charge in [0.1, 0.15) is 0 Å². The summed E-state index contributed by atoms with van der Waals surface area (Å²) in [6.07, 6.45) is 9.66. The fraction of sp³-hybridized carbons (Fsp3) is 0.800. The van der Waals surface area contributed by atoms with Gasteiger partial charge >= 0.3 is 0 Å². The van der Waals surface area contributed by atoms with E-state index in [1.165, 1.54) is 62.9 Å². The van der Waals surface area contributed by atoms with Gasteiger partial charge in [-0.2, -0.15) is 5.10 Å². The lowest BCUT2D eigenvalue weighted by Crippen LogP contribution is -2.50. The number of fused-ring (bicyclic) bond motifs is 2. The lowest BCUT2D eigenvalue weighted by Gasteiger charge is -2.45. The van der Waals surface area contributed by atoms with E-state index in [-0.39, 0.29) is 0 Å². The number of hydrogen-bond donors (Lipinski definition) is 1. The van der Waals surface area contributed by atoms with Gasteiger partial charge in [-0.15, -0.1) is 0 Å². The zero-order valence-electron chi connectivity index (χ0n) is 11.5. The molecule has 3 heterocycles. The molecule has 1 aliphatic carbocycles. The number of aryl methyl sites for hydroxylation is 1. The standard InChI is InChI=1S/C15H23N3O/c1-5-15(6-2-12-10-16-17-14(12)15)11-18(7-1)13-3-8-19-9-4-13/h10,13H,1-9,11H2,(H,16,17). The number of likely N-dealkylation sites (tertiary alicyclic amines) is 1. The molecule has 1 aromatic heterocycles. The van der Waals surface area contributed by atoms with E-state index in [0.29, 0.717) is 5.41 Å². The zero-order chi connectivity index (χ0) is 12.7. The molecule has 104 valence electrons. The molecule has 0 saturated carbocycles. The van der Waals surface area contributed by atoms with E-state index in [0.717, 1.165) is 19.3 Å². The van der Waals surface area contributed by atoms with Crippen molar-refractivity contribution in [2.45, 2.75) is 50.0 Å². The monoisotopic (exact) mass is 261 g/mol. The van der Waals surface area contributed by atoms with E-state index in [1.807, 2.05) is 6.20 Å². The van der Waals surface area contributed by atoms with E-state index in [4.69, 9.17) is 4.74 Å². The van der Waals surface area contributed by atoms with Crippen LogP contribution in [-0.2, 0) is 16.6 Å². The van der Waals surface area contributed by atoms with Crippen LogP contribution in [-0.4, -0.2) is 47.4 Å². The number of aromatic nitrogens is 2. The van der Waals surface area contributed by atoms with Crippen molar-refractivity contribution in [3.8, 4) is 0 Å². The molecule has 4 rings (SSSR count). The van der Waals surface area contributed by atoms with Crippen LogP contribution in [0.1, 0.15) is 43.4 Å². The minimum Gasteiger partial charge on any atom is -0.381 e.